The first kappa shape index (κ1) is 31.6. The minimum Gasteiger partial charge on any atom is -0.487 e. The van der Waals surface area contributed by atoms with E-state index in [-0.39, 0.29) is 20.3 Å². The zero-order valence-electron chi connectivity index (χ0n) is 4.37. The van der Waals surface area contributed by atoms with Crippen molar-refractivity contribution in [3.63, 3.8) is 0 Å². The van der Waals surface area contributed by atoms with Gasteiger partial charge >= 0.3 is 0 Å². The highest BCUT2D eigenvalue weighted by Crippen LogP contribution is 1.40. The summed E-state index contributed by atoms with van der Waals surface area (Å²) in [5.41, 5.74) is 8.80. The van der Waals surface area contributed by atoms with Crippen molar-refractivity contribution in [1.82, 2.24) is 0 Å². The fraction of sp³-hybridized carbons (Fsp3) is 0.500. The number of rotatable bonds is 0. The van der Waals surface area contributed by atoms with Crippen LogP contribution in [0.15, 0.2) is 0 Å². The highest BCUT2D eigenvalue weighted by atomic mass is 32.1. The minimum absolute atomic E-state index is 0. The average molecular weight is 204 g/mol. The largest absolute Gasteiger partial charge is 0.487 e. The first-order chi connectivity index (χ1) is 3.46. The molecular weight excluding hydrogens is 188 g/mol. The third kappa shape index (κ3) is 1160. The topological polar surface area (TPSA) is 124 Å². The Kier molecular flexibility index (Phi) is 65.5. The van der Waals surface area contributed by atoms with Gasteiger partial charge in [0.25, 0.3) is 10.3 Å². The number of hydrogen-bond donors (Lipinski definition) is 4. The Labute approximate surface area is 77.3 Å². The normalized spacial score (nSPS) is 4.36. The summed E-state index contributed by atoms with van der Waals surface area (Å²) >= 11 is 7.74. The zero-order chi connectivity index (χ0) is 7.15. The summed E-state index contributed by atoms with van der Waals surface area (Å²) in [6.07, 6.45) is 0. The maximum Gasteiger partial charge on any atom is 0.251 e. The van der Waals surface area contributed by atoms with Gasteiger partial charge in [0.1, 0.15) is 0 Å². The van der Waals surface area contributed by atoms with Crippen LogP contribution in [0.2, 0.25) is 0 Å². The third-order valence-electron chi connectivity index (χ3n) is 0. The van der Waals surface area contributed by atoms with E-state index in [9.17, 15) is 0 Å². The lowest BCUT2D eigenvalue weighted by molar-refractivity contribution is 0.559. The maximum atomic E-state index is 7.56. The molecule has 72 valence electrons. The van der Waals surface area contributed by atoms with E-state index < -0.39 is 10.3 Å². The lowest BCUT2D eigenvalue weighted by atomic mass is 11.4. The van der Waals surface area contributed by atoms with E-state index in [1.165, 1.54) is 0 Å². The number of aliphatic hydroxyl groups is 2. The first-order valence-corrected chi connectivity index (χ1v) is 2.25. The van der Waals surface area contributed by atoms with Crippen LogP contribution < -0.4 is 11.5 Å². The van der Waals surface area contributed by atoms with Crippen molar-refractivity contribution in [2.45, 2.75) is 14.9 Å². The molecule has 0 atom stereocenters. The fourth-order valence-electron chi connectivity index (χ4n) is 0. The molecule has 0 amide bonds. The standard InChI is InChI=1S/2CH3NOS.2CH4.H2O/c2*2-1(3)4;;;/h2*(H3,2,3,4);2*1H4;1H2. The molecule has 7 heteroatoms. The molecule has 0 heterocycles. The number of thiocarbonyl (C=S) groups is 2. The second kappa shape index (κ2) is 22.8. The number of aliphatic hydroxyl groups excluding tert-OH is 2. The van der Waals surface area contributed by atoms with Gasteiger partial charge in [-0.3, -0.25) is 0 Å². The molecule has 0 fully saturated rings. The molecule has 0 aliphatic carbocycles. The Morgan fingerprint density at radius 2 is 0.909 bits per heavy atom. The van der Waals surface area contributed by atoms with Crippen LogP contribution in [0.4, 0.5) is 0 Å². The maximum absolute atomic E-state index is 7.56. The van der Waals surface area contributed by atoms with Crippen molar-refractivity contribution in [3.05, 3.63) is 0 Å². The highest BCUT2D eigenvalue weighted by Gasteiger charge is 1.57. The van der Waals surface area contributed by atoms with E-state index in [4.69, 9.17) is 10.2 Å². The van der Waals surface area contributed by atoms with Crippen molar-refractivity contribution in [2.24, 2.45) is 11.5 Å². The van der Waals surface area contributed by atoms with Gasteiger partial charge in [0, 0.05) is 0 Å². The molecule has 0 aromatic heterocycles. The SMILES string of the molecule is C.C.NC(O)=S.NC(O)=S.O. The Balaban J connectivity index is -0.0000000171. The average Bonchev–Trinajstić information content (AvgIpc) is 1.25. The Morgan fingerprint density at radius 3 is 0.909 bits per heavy atom. The fourth-order valence-corrected chi connectivity index (χ4v) is 0. The molecule has 0 aromatic rings. The van der Waals surface area contributed by atoms with Crippen LogP contribution in [0, 0.1) is 0 Å². The van der Waals surface area contributed by atoms with Crippen molar-refractivity contribution in [2.75, 3.05) is 0 Å². The van der Waals surface area contributed by atoms with Crippen LogP contribution >= 0.6 is 24.4 Å². The van der Waals surface area contributed by atoms with E-state index in [1.807, 2.05) is 0 Å². The Bertz CT molecular complexity index is 79.3. The monoisotopic (exact) mass is 204 g/mol. The van der Waals surface area contributed by atoms with Crippen molar-refractivity contribution >= 4 is 34.8 Å². The van der Waals surface area contributed by atoms with Crippen LogP contribution in [0.25, 0.3) is 0 Å². The lowest BCUT2D eigenvalue weighted by Crippen LogP contribution is -2.03. The Hall–Kier alpha value is -0.660. The van der Waals surface area contributed by atoms with Gasteiger partial charge in [0.05, 0.1) is 0 Å². The summed E-state index contributed by atoms with van der Waals surface area (Å²) in [6, 6.07) is 0. The van der Waals surface area contributed by atoms with Crippen molar-refractivity contribution in [1.29, 1.82) is 0 Å². The molecule has 0 saturated carbocycles. The van der Waals surface area contributed by atoms with E-state index >= 15 is 0 Å². The second-order valence-corrected chi connectivity index (χ2v) is 1.51. The summed E-state index contributed by atoms with van der Waals surface area (Å²) < 4.78 is 0. The summed E-state index contributed by atoms with van der Waals surface area (Å²) in [5.74, 6) is 0. The zero-order valence-corrected chi connectivity index (χ0v) is 6.00. The molecular formula is C4H16N2O3S2. The molecule has 0 saturated heterocycles. The quantitative estimate of drug-likeness (QED) is 0.412. The van der Waals surface area contributed by atoms with Gasteiger partial charge in [0.2, 0.25) is 0 Å². The predicted octanol–water partition coefficient (Wildman–Crippen LogP) is 0.0235. The molecule has 0 unspecified atom stereocenters. The van der Waals surface area contributed by atoms with Gasteiger partial charge in [-0.15, -0.1) is 0 Å². The van der Waals surface area contributed by atoms with Crippen LogP contribution in [-0.2, 0) is 0 Å². The minimum atomic E-state index is -0.500. The molecule has 8 N–H and O–H groups in total. The lowest BCUT2D eigenvalue weighted by Gasteiger charge is -1.67. The molecule has 0 aromatic carbocycles. The van der Waals surface area contributed by atoms with Gasteiger partial charge < -0.3 is 27.2 Å². The van der Waals surface area contributed by atoms with E-state index in [2.05, 4.69) is 35.9 Å². The summed E-state index contributed by atoms with van der Waals surface area (Å²) in [7, 11) is 0. The first-order valence-electron chi connectivity index (χ1n) is 1.43. The molecule has 0 radical (unpaired) electrons. The summed E-state index contributed by atoms with van der Waals surface area (Å²) in [6.45, 7) is 0. The van der Waals surface area contributed by atoms with E-state index in [1.54, 1.807) is 0 Å². The molecule has 0 rings (SSSR count). The molecule has 11 heavy (non-hydrogen) atoms. The molecule has 0 bridgehead atoms. The van der Waals surface area contributed by atoms with Crippen molar-refractivity contribution < 1.29 is 15.7 Å². The van der Waals surface area contributed by atoms with Gasteiger partial charge in [-0.05, 0) is 24.4 Å². The summed E-state index contributed by atoms with van der Waals surface area (Å²) in [4.78, 5) is 0. The second-order valence-electron chi connectivity index (χ2n) is 0.676. The van der Waals surface area contributed by atoms with Crippen LogP contribution in [0.3, 0.4) is 0 Å². The van der Waals surface area contributed by atoms with Crippen molar-refractivity contribution in [3.8, 4) is 0 Å². The highest BCUT2D eigenvalue weighted by molar-refractivity contribution is 7.80. The van der Waals surface area contributed by atoms with Crippen LogP contribution in [0.5, 0.6) is 0 Å². The van der Waals surface area contributed by atoms with Gasteiger partial charge in [-0.1, -0.05) is 14.9 Å². The third-order valence-corrected chi connectivity index (χ3v) is 0. The number of hydrogen-bond acceptors (Lipinski definition) is 2. The summed E-state index contributed by atoms with van der Waals surface area (Å²) in [5, 5.41) is 14.1. The van der Waals surface area contributed by atoms with E-state index in [0.717, 1.165) is 0 Å². The molecule has 0 spiro atoms. The van der Waals surface area contributed by atoms with Gasteiger partial charge in [-0.25, -0.2) is 0 Å². The smallest absolute Gasteiger partial charge is 0.251 e. The predicted molar refractivity (Wildman–Crippen MR) is 55.9 cm³/mol. The number of nitrogens with two attached hydrogens (primary N) is 2. The van der Waals surface area contributed by atoms with Gasteiger partial charge in [0.15, 0.2) is 0 Å². The van der Waals surface area contributed by atoms with E-state index in [0.29, 0.717) is 0 Å². The Morgan fingerprint density at radius 1 is 0.909 bits per heavy atom. The van der Waals surface area contributed by atoms with Gasteiger partial charge in [-0.2, -0.15) is 0 Å². The van der Waals surface area contributed by atoms with Crippen LogP contribution in [-0.4, -0.2) is 26.0 Å². The van der Waals surface area contributed by atoms with Crippen LogP contribution in [0.1, 0.15) is 14.9 Å². The molecule has 0 aliphatic rings. The molecule has 5 nitrogen and oxygen atoms in total. The molecule has 0 aliphatic heterocycles.